The van der Waals surface area contributed by atoms with Crippen molar-refractivity contribution in [3.63, 3.8) is 0 Å². The van der Waals surface area contributed by atoms with Gasteiger partial charge in [0.2, 0.25) is 0 Å². The van der Waals surface area contributed by atoms with Gasteiger partial charge in [-0.15, -0.1) is 0 Å². The summed E-state index contributed by atoms with van der Waals surface area (Å²) in [5, 5.41) is 0. The number of hydrogen-bond acceptors (Lipinski definition) is 4. The molecule has 1 aromatic heterocycles. The van der Waals surface area contributed by atoms with Crippen molar-refractivity contribution < 1.29 is 18.7 Å². The number of aryl methyl sites for hydroxylation is 1. The van der Waals surface area contributed by atoms with E-state index in [0.717, 1.165) is 11.3 Å². The molecule has 0 saturated carbocycles. The van der Waals surface area contributed by atoms with E-state index in [1.807, 2.05) is 13.0 Å². The number of cyclic esters (lactones) is 2. The fraction of sp³-hybridized carbons (Fsp3) is 0.333. The van der Waals surface area contributed by atoms with Crippen LogP contribution in [0.4, 0.5) is 0 Å². The van der Waals surface area contributed by atoms with E-state index in [1.54, 1.807) is 19.3 Å². The molecule has 0 spiro atoms. The Kier molecular flexibility index (Phi) is 2.64. The molecule has 2 rings (SSSR count). The molecule has 1 aromatic rings. The highest BCUT2D eigenvalue weighted by atomic mass is 16.6. The van der Waals surface area contributed by atoms with Crippen LogP contribution >= 0.6 is 0 Å². The molecular formula is C12H12O4. The number of ether oxygens (including phenoxy) is 1. The monoisotopic (exact) mass is 220 g/mol. The maximum atomic E-state index is 11.3. The van der Waals surface area contributed by atoms with Gasteiger partial charge in [-0.2, -0.15) is 0 Å². The summed E-state index contributed by atoms with van der Waals surface area (Å²) in [4.78, 5) is 22.4. The third-order valence-corrected chi connectivity index (χ3v) is 2.59. The van der Waals surface area contributed by atoms with Gasteiger partial charge >= 0.3 is 11.9 Å². The Morgan fingerprint density at radius 2 is 2.19 bits per heavy atom. The van der Waals surface area contributed by atoms with E-state index < -0.39 is 17.9 Å². The van der Waals surface area contributed by atoms with Crippen molar-refractivity contribution in [3.8, 4) is 0 Å². The number of carbonyl (C=O) groups excluding carboxylic acids is 2. The molecule has 84 valence electrons. The highest BCUT2D eigenvalue weighted by Crippen LogP contribution is 2.22. The lowest BCUT2D eigenvalue weighted by Crippen LogP contribution is -2.03. The number of allylic oxidation sites excluding steroid dienone is 1. The molecule has 0 aliphatic carbocycles. The summed E-state index contributed by atoms with van der Waals surface area (Å²) in [7, 11) is 0. The SMILES string of the molecule is Cc1cc(CC=C2C(=O)OC(=O)C2C)co1. The van der Waals surface area contributed by atoms with E-state index in [9.17, 15) is 9.59 Å². The van der Waals surface area contributed by atoms with E-state index in [2.05, 4.69) is 4.74 Å². The maximum Gasteiger partial charge on any atom is 0.342 e. The number of hydrogen-bond donors (Lipinski definition) is 0. The van der Waals surface area contributed by atoms with Gasteiger partial charge in [-0.25, -0.2) is 4.79 Å². The zero-order valence-electron chi connectivity index (χ0n) is 9.15. The molecule has 16 heavy (non-hydrogen) atoms. The van der Waals surface area contributed by atoms with Crippen molar-refractivity contribution in [2.45, 2.75) is 20.3 Å². The van der Waals surface area contributed by atoms with E-state index in [0.29, 0.717) is 12.0 Å². The lowest BCUT2D eigenvalue weighted by molar-refractivity contribution is -0.152. The van der Waals surface area contributed by atoms with Gasteiger partial charge in [-0.05, 0) is 31.9 Å². The van der Waals surface area contributed by atoms with Gasteiger partial charge in [0, 0.05) is 5.57 Å². The third-order valence-electron chi connectivity index (χ3n) is 2.59. The van der Waals surface area contributed by atoms with Crippen molar-refractivity contribution in [3.05, 3.63) is 35.3 Å². The Hall–Kier alpha value is -1.84. The molecule has 1 aliphatic heterocycles. The third kappa shape index (κ3) is 1.91. The Morgan fingerprint density at radius 3 is 2.69 bits per heavy atom. The minimum atomic E-state index is -0.530. The molecular weight excluding hydrogens is 208 g/mol. The zero-order chi connectivity index (χ0) is 11.7. The average molecular weight is 220 g/mol. The topological polar surface area (TPSA) is 56.5 Å². The lowest BCUT2D eigenvalue weighted by atomic mass is 10.0. The molecule has 0 radical (unpaired) electrons. The van der Waals surface area contributed by atoms with E-state index in [-0.39, 0.29) is 0 Å². The molecule has 2 heterocycles. The molecule has 0 amide bonds. The molecule has 1 atom stereocenters. The highest BCUT2D eigenvalue weighted by molar-refractivity contribution is 6.07. The minimum Gasteiger partial charge on any atom is -0.469 e. The Bertz CT molecular complexity index is 467. The zero-order valence-corrected chi connectivity index (χ0v) is 9.15. The Morgan fingerprint density at radius 1 is 1.44 bits per heavy atom. The van der Waals surface area contributed by atoms with Gasteiger partial charge in [0.15, 0.2) is 0 Å². The summed E-state index contributed by atoms with van der Waals surface area (Å²) in [6.07, 6.45) is 3.93. The second-order valence-corrected chi connectivity index (χ2v) is 3.86. The van der Waals surface area contributed by atoms with Gasteiger partial charge in [0.1, 0.15) is 5.76 Å². The second-order valence-electron chi connectivity index (χ2n) is 3.86. The van der Waals surface area contributed by atoms with Crippen LogP contribution in [0.5, 0.6) is 0 Å². The van der Waals surface area contributed by atoms with Crippen LogP contribution in [0.15, 0.2) is 28.4 Å². The van der Waals surface area contributed by atoms with Gasteiger partial charge < -0.3 is 9.15 Å². The quantitative estimate of drug-likeness (QED) is 0.433. The summed E-state index contributed by atoms with van der Waals surface area (Å²) in [6, 6.07) is 1.89. The lowest BCUT2D eigenvalue weighted by Gasteiger charge is -1.95. The summed E-state index contributed by atoms with van der Waals surface area (Å²) in [5.41, 5.74) is 1.41. The first-order chi connectivity index (χ1) is 7.58. The predicted molar refractivity (Wildman–Crippen MR) is 55.5 cm³/mol. The highest BCUT2D eigenvalue weighted by Gasteiger charge is 2.35. The van der Waals surface area contributed by atoms with Crippen LogP contribution in [-0.2, 0) is 20.7 Å². The summed E-state index contributed by atoms with van der Waals surface area (Å²) in [5.74, 6) is -0.635. The molecule has 4 nitrogen and oxygen atoms in total. The molecule has 0 aromatic carbocycles. The summed E-state index contributed by atoms with van der Waals surface area (Å²) < 4.78 is 9.65. The van der Waals surface area contributed by atoms with Crippen molar-refractivity contribution in [2.75, 3.05) is 0 Å². The fourth-order valence-corrected chi connectivity index (χ4v) is 1.64. The standard InChI is InChI=1S/C12H12O4/c1-7-5-9(6-15-7)3-4-10-8(2)11(13)16-12(10)14/h4-6,8H,3H2,1-2H3. The van der Waals surface area contributed by atoms with Crippen LogP contribution in [0.25, 0.3) is 0 Å². The first kappa shape index (κ1) is 10.7. The smallest absolute Gasteiger partial charge is 0.342 e. The van der Waals surface area contributed by atoms with Gasteiger partial charge in [-0.3, -0.25) is 4.79 Å². The van der Waals surface area contributed by atoms with E-state index >= 15 is 0 Å². The van der Waals surface area contributed by atoms with Crippen molar-refractivity contribution in [1.82, 2.24) is 0 Å². The van der Waals surface area contributed by atoms with Crippen LogP contribution in [0.2, 0.25) is 0 Å². The molecule has 1 unspecified atom stereocenters. The minimum absolute atomic E-state index is 0.434. The maximum absolute atomic E-state index is 11.3. The van der Waals surface area contributed by atoms with Crippen molar-refractivity contribution in [1.29, 1.82) is 0 Å². The average Bonchev–Trinajstić information content (AvgIpc) is 2.72. The normalized spacial score (nSPS) is 22.9. The van der Waals surface area contributed by atoms with Crippen LogP contribution in [0.1, 0.15) is 18.2 Å². The van der Waals surface area contributed by atoms with Crippen LogP contribution in [0, 0.1) is 12.8 Å². The second kappa shape index (κ2) is 3.96. The molecule has 1 fully saturated rings. The van der Waals surface area contributed by atoms with E-state index in [4.69, 9.17) is 4.42 Å². The van der Waals surface area contributed by atoms with Crippen LogP contribution in [0.3, 0.4) is 0 Å². The van der Waals surface area contributed by atoms with Gasteiger partial charge in [-0.1, -0.05) is 6.08 Å². The van der Waals surface area contributed by atoms with Gasteiger partial charge in [0.05, 0.1) is 12.2 Å². The van der Waals surface area contributed by atoms with Gasteiger partial charge in [0.25, 0.3) is 0 Å². The number of furan rings is 1. The van der Waals surface area contributed by atoms with Crippen LogP contribution in [-0.4, -0.2) is 11.9 Å². The number of rotatable bonds is 2. The van der Waals surface area contributed by atoms with Crippen LogP contribution < -0.4 is 0 Å². The molecule has 1 aliphatic rings. The molecule has 0 N–H and O–H groups in total. The van der Waals surface area contributed by atoms with Crippen molar-refractivity contribution >= 4 is 11.9 Å². The van der Waals surface area contributed by atoms with Crippen molar-refractivity contribution in [2.24, 2.45) is 5.92 Å². The predicted octanol–water partition coefficient (Wildman–Crippen LogP) is 1.78. The first-order valence-corrected chi connectivity index (χ1v) is 5.08. The Labute approximate surface area is 92.9 Å². The molecule has 0 bridgehead atoms. The first-order valence-electron chi connectivity index (χ1n) is 5.08. The number of carbonyl (C=O) groups is 2. The molecule has 1 saturated heterocycles. The fourth-order valence-electron chi connectivity index (χ4n) is 1.64. The summed E-state index contributed by atoms with van der Waals surface area (Å²) in [6.45, 7) is 3.52. The Balaban J connectivity index is 2.13. The number of esters is 2. The summed E-state index contributed by atoms with van der Waals surface area (Å²) >= 11 is 0. The molecule has 4 heteroatoms. The largest absolute Gasteiger partial charge is 0.469 e. The van der Waals surface area contributed by atoms with E-state index in [1.165, 1.54) is 0 Å².